The van der Waals surface area contributed by atoms with E-state index in [0.717, 1.165) is 78.8 Å². The molecular weight excluding hydrogens is 1790 g/mol. The van der Waals surface area contributed by atoms with Crippen LogP contribution in [0.5, 0.6) is 0 Å². The van der Waals surface area contributed by atoms with E-state index in [-0.39, 0.29) is 0 Å². The SMILES string of the molecule is c1ccc(-c2ccc(N(c3ccc4cc5c(cc4c3)c3ccccc3n5-c3ccccc3)c3ccc4c(c3)sc3ccccc34)cc2)cc1.c1ccc(-c2ccc(N(c3ccc4cc5c(cc4c3)c3ccccc3n5-c3ccccc3)c3cccc4c3oc3ccccc34)cc2)cc1.c1ccc(-c2ccc(N(c3ccc4cc5c(cc4c3)c3ccccc3n5-c3ccccc3)c3ccccc3-c3ccccc3)cc2)cc1. The molecule has 24 aromatic carbocycles. The van der Waals surface area contributed by atoms with Gasteiger partial charge in [-0.15, -0.1) is 11.3 Å². The Hall–Kier alpha value is -19.1. The molecule has 686 valence electrons. The maximum Gasteiger partial charge on any atom is 0.159 e. The van der Waals surface area contributed by atoms with Crippen molar-refractivity contribution < 1.29 is 4.42 Å². The number of benzene rings is 24. The van der Waals surface area contributed by atoms with E-state index in [1.54, 1.807) is 0 Å². The van der Waals surface area contributed by atoms with E-state index < -0.39 is 0 Å². The highest BCUT2D eigenvalue weighted by atomic mass is 32.1. The summed E-state index contributed by atoms with van der Waals surface area (Å²) in [6, 6.07) is 201. The Morgan fingerprint density at radius 3 is 0.918 bits per heavy atom. The minimum Gasteiger partial charge on any atom is -0.454 e. The molecule has 0 bridgehead atoms. The number of anilines is 9. The lowest BCUT2D eigenvalue weighted by Gasteiger charge is -2.28. The summed E-state index contributed by atoms with van der Waals surface area (Å²) < 4.78 is 16.4. The van der Waals surface area contributed by atoms with Crippen LogP contribution in [0.2, 0.25) is 0 Å². The molecule has 5 heterocycles. The summed E-state index contributed by atoms with van der Waals surface area (Å²) >= 11 is 1.86. The van der Waals surface area contributed by atoms with Crippen LogP contribution in [-0.4, -0.2) is 13.7 Å². The first-order valence-electron chi connectivity index (χ1n) is 49.8. The van der Waals surface area contributed by atoms with Crippen molar-refractivity contribution in [2.45, 2.75) is 0 Å². The van der Waals surface area contributed by atoms with Gasteiger partial charge in [0, 0.05) is 126 Å². The molecular formula is C138H92N6OS. The number of hydrogen-bond donors (Lipinski definition) is 0. The van der Waals surface area contributed by atoms with Crippen LogP contribution in [0.3, 0.4) is 0 Å². The normalized spacial score (nSPS) is 11.6. The van der Waals surface area contributed by atoms with Gasteiger partial charge in [-0.1, -0.05) is 358 Å². The Morgan fingerprint density at radius 2 is 0.473 bits per heavy atom. The molecule has 0 aliphatic rings. The molecule has 5 aromatic heterocycles. The summed E-state index contributed by atoms with van der Waals surface area (Å²) in [6.07, 6.45) is 0. The predicted molar refractivity (Wildman–Crippen MR) is 621 cm³/mol. The second-order valence-corrected chi connectivity index (χ2v) is 38.5. The van der Waals surface area contributed by atoms with Crippen LogP contribution < -0.4 is 14.7 Å². The van der Waals surface area contributed by atoms with E-state index in [1.165, 1.54) is 174 Å². The van der Waals surface area contributed by atoms with Gasteiger partial charge in [0.1, 0.15) is 5.58 Å². The number of hydrogen-bond acceptors (Lipinski definition) is 5. The maximum atomic E-state index is 6.59. The predicted octanol–water partition coefficient (Wildman–Crippen LogP) is 39.2. The monoisotopic (exact) mass is 1880 g/mol. The van der Waals surface area contributed by atoms with Crippen LogP contribution in [0.15, 0.2) is 563 Å². The minimum absolute atomic E-state index is 0.873. The summed E-state index contributed by atoms with van der Waals surface area (Å²) in [5, 5.41) is 19.6. The largest absolute Gasteiger partial charge is 0.454 e. The van der Waals surface area contributed by atoms with Crippen LogP contribution in [0, 0.1) is 0 Å². The Bertz CT molecular complexity index is 9980. The number of furan rings is 1. The molecule has 146 heavy (non-hydrogen) atoms. The van der Waals surface area contributed by atoms with Gasteiger partial charge in [0.15, 0.2) is 5.58 Å². The van der Waals surface area contributed by atoms with Gasteiger partial charge in [-0.3, -0.25) is 0 Å². The molecule has 7 nitrogen and oxygen atoms in total. The van der Waals surface area contributed by atoms with Crippen LogP contribution in [-0.2, 0) is 0 Å². The zero-order valence-electron chi connectivity index (χ0n) is 79.6. The number of para-hydroxylation sites is 9. The summed E-state index contributed by atoms with van der Waals surface area (Å²) in [5.74, 6) is 0. The molecule has 0 fully saturated rings. The molecule has 0 aliphatic carbocycles. The van der Waals surface area contributed by atoms with Crippen molar-refractivity contribution in [1.29, 1.82) is 0 Å². The van der Waals surface area contributed by atoms with Gasteiger partial charge in [0.25, 0.3) is 0 Å². The topological polar surface area (TPSA) is 37.6 Å². The third kappa shape index (κ3) is 15.6. The minimum atomic E-state index is 0.873. The molecule has 0 atom stereocenters. The zero-order valence-corrected chi connectivity index (χ0v) is 80.4. The molecule has 0 unspecified atom stereocenters. The maximum absolute atomic E-state index is 6.59. The highest BCUT2D eigenvalue weighted by Gasteiger charge is 2.26. The van der Waals surface area contributed by atoms with Crippen LogP contribution in [0.1, 0.15) is 0 Å². The fourth-order valence-electron chi connectivity index (χ4n) is 22.0. The van der Waals surface area contributed by atoms with E-state index in [4.69, 9.17) is 4.42 Å². The fraction of sp³-hybridized carbons (Fsp3) is 0. The van der Waals surface area contributed by atoms with Gasteiger partial charge in [-0.25, -0.2) is 0 Å². The third-order valence-electron chi connectivity index (χ3n) is 28.8. The lowest BCUT2D eigenvalue weighted by molar-refractivity contribution is 0.669. The third-order valence-corrected chi connectivity index (χ3v) is 30.0. The number of rotatable bonds is 16. The number of fused-ring (bicyclic) bond motifs is 18. The van der Waals surface area contributed by atoms with Crippen molar-refractivity contribution >= 4 is 202 Å². The molecule has 0 N–H and O–H groups in total. The van der Waals surface area contributed by atoms with Crippen molar-refractivity contribution in [1.82, 2.24) is 13.7 Å². The zero-order chi connectivity index (χ0) is 96.5. The molecule has 0 amide bonds. The second kappa shape index (κ2) is 36.8. The van der Waals surface area contributed by atoms with E-state index >= 15 is 0 Å². The number of aromatic nitrogens is 3. The summed E-state index contributed by atoms with van der Waals surface area (Å²) in [4.78, 5) is 7.12. The van der Waals surface area contributed by atoms with E-state index in [0.29, 0.717) is 0 Å². The molecule has 29 aromatic rings. The molecule has 0 saturated carbocycles. The average molecular weight is 1880 g/mol. The first-order valence-corrected chi connectivity index (χ1v) is 50.6. The highest BCUT2D eigenvalue weighted by Crippen LogP contribution is 2.50. The van der Waals surface area contributed by atoms with Crippen molar-refractivity contribution in [3.05, 3.63) is 558 Å². The standard InChI is InChI=1S/C46H30N2O.C46H30N2S.C46H32N2/c1-3-12-31(13-4-1)32-22-25-36(26-23-32)47(43-20-11-18-40-39-17-8-10-21-45(39)49-46(40)43)37-27-24-33-30-44-41(29-34(33)28-37)38-16-7-9-19-42(38)48(44)35-14-5-2-6-15-35;1-3-11-31(12-4-1)32-19-22-36(23-20-32)47(38-25-26-41-40-16-8-10-18-45(40)49-46(41)30-38)37-24-21-33-29-44-42(28-34(33)27-37)39-15-7-9-17-43(39)48(44)35-13-5-2-6-14-35;1-4-14-33(15-5-1)34-24-27-39(28-25-34)47(44-22-12-10-20-41(44)35-16-6-2-7-17-35)40-29-26-36-32-46-43(31-37(36)30-40)42-21-11-13-23-45(42)48(46)38-18-8-3-9-19-38/h2*1-30H;1-32H. The Morgan fingerprint density at radius 1 is 0.164 bits per heavy atom. The molecule has 0 spiro atoms. The molecule has 0 saturated heterocycles. The van der Waals surface area contributed by atoms with Crippen molar-refractivity contribution in [2.24, 2.45) is 0 Å². The molecule has 0 aliphatic heterocycles. The second-order valence-electron chi connectivity index (χ2n) is 37.4. The van der Waals surface area contributed by atoms with E-state index in [1.807, 2.05) is 23.5 Å². The molecule has 29 rings (SSSR count). The van der Waals surface area contributed by atoms with Gasteiger partial charge >= 0.3 is 0 Å². The Labute approximate surface area is 848 Å². The first-order chi connectivity index (χ1) is 72.4. The van der Waals surface area contributed by atoms with Crippen LogP contribution in [0.25, 0.3) is 201 Å². The Balaban J connectivity index is 0.000000109. The van der Waals surface area contributed by atoms with Gasteiger partial charge < -0.3 is 32.8 Å². The smallest absolute Gasteiger partial charge is 0.159 e. The van der Waals surface area contributed by atoms with Crippen molar-refractivity contribution in [3.8, 4) is 61.6 Å². The summed E-state index contributed by atoms with van der Waals surface area (Å²) in [7, 11) is 0. The lowest BCUT2D eigenvalue weighted by Crippen LogP contribution is -2.11. The van der Waals surface area contributed by atoms with E-state index in [9.17, 15) is 0 Å². The quantitative estimate of drug-likeness (QED) is 0.0966. The van der Waals surface area contributed by atoms with Crippen molar-refractivity contribution in [3.63, 3.8) is 0 Å². The van der Waals surface area contributed by atoms with E-state index in [2.05, 4.69) is 574 Å². The van der Waals surface area contributed by atoms with Gasteiger partial charge in [-0.05, 0) is 271 Å². The van der Waals surface area contributed by atoms with Crippen LogP contribution >= 0.6 is 11.3 Å². The van der Waals surface area contributed by atoms with Crippen molar-refractivity contribution in [2.75, 3.05) is 14.7 Å². The van der Waals surface area contributed by atoms with Gasteiger partial charge in [0.05, 0.1) is 44.5 Å². The molecule has 8 heteroatoms. The first kappa shape index (κ1) is 86.0. The van der Waals surface area contributed by atoms with Gasteiger partial charge in [0.2, 0.25) is 0 Å². The lowest BCUT2D eigenvalue weighted by atomic mass is 10.00. The summed E-state index contributed by atoms with van der Waals surface area (Å²) in [6.45, 7) is 0. The summed E-state index contributed by atoms with van der Waals surface area (Å²) in [5.41, 5.74) is 32.0. The average Bonchev–Trinajstić information content (AvgIpc) is 1.57. The fourth-order valence-corrected chi connectivity index (χ4v) is 23.1. The molecule has 0 radical (unpaired) electrons. The van der Waals surface area contributed by atoms with Gasteiger partial charge in [-0.2, -0.15) is 0 Å². The number of thiophene rings is 1. The Kier molecular flexibility index (Phi) is 21.7. The number of nitrogens with zero attached hydrogens (tertiary/aromatic N) is 6. The van der Waals surface area contributed by atoms with Crippen LogP contribution in [0.4, 0.5) is 51.2 Å². The highest BCUT2D eigenvalue weighted by molar-refractivity contribution is 7.25.